The molecule has 0 amide bonds. The molecule has 3 nitrogen and oxygen atoms in total. The molecule has 0 fully saturated rings. The Bertz CT molecular complexity index is 535. The number of nitrogens with one attached hydrogen (secondary N) is 1. The quantitative estimate of drug-likeness (QED) is 0.887. The summed E-state index contributed by atoms with van der Waals surface area (Å²) in [6.45, 7) is 6.24. The summed E-state index contributed by atoms with van der Waals surface area (Å²) in [7, 11) is 0. The Labute approximate surface area is 108 Å². The second kappa shape index (κ2) is 5.63. The molecule has 2 heterocycles. The highest BCUT2D eigenvalue weighted by molar-refractivity contribution is 5.57. The molecule has 2 aromatic heterocycles. The molecule has 0 radical (unpaired) electrons. The van der Waals surface area contributed by atoms with E-state index in [1.54, 1.807) is 0 Å². The lowest BCUT2D eigenvalue weighted by Crippen LogP contribution is -1.99. The van der Waals surface area contributed by atoms with E-state index in [2.05, 4.69) is 35.2 Å². The number of nitrogens with zero attached hydrogens (tertiary/aromatic N) is 2. The fourth-order valence-electron chi connectivity index (χ4n) is 1.88. The van der Waals surface area contributed by atoms with Gasteiger partial charge >= 0.3 is 0 Å². The summed E-state index contributed by atoms with van der Waals surface area (Å²) in [6.07, 6.45) is 1.89. The van der Waals surface area contributed by atoms with Crippen LogP contribution in [0.4, 0.5) is 11.5 Å². The van der Waals surface area contributed by atoms with Gasteiger partial charge in [-0.15, -0.1) is 0 Å². The molecule has 0 saturated carbocycles. The third kappa shape index (κ3) is 3.06. The molecule has 0 aliphatic carbocycles. The Morgan fingerprint density at radius 1 is 1.00 bits per heavy atom. The van der Waals surface area contributed by atoms with E-state index >= 15 is 0 Å². The highest BCUT2D eigenvalue weighted by atomic mass is 15.0. The van der Waals surface area contributed by atoms with Crippen molar-refractivity contribution in [1.82, 2.24) is 9.97 Å². The van der Waals surface area contributed by atoms with Gasteiger partial charge < -0.3 is 5.32 Å². The normalized spacial score (nSPS) is 10.4. The number of anilines is 2. The smallest absolute Gasteiger partial charge is 0.130 e. The molecule has 0 unspecified atom stereocenters. The zero-order valence-corrected chi connectivity index (χ0v) is 11.2. The van der Waals surface area contributed by atoms with Crippen molar-refractivity contribution in [2.75, 3.05) is 5.32 Å². The monoisotopic (exact) mass is 241 g/mol. The minimum Gasteiger partial charge on any atom is -0.340 e. The van der Waals surface area contributed by atoms with E-state index in [0.717, 1.165) is 41.4 Å². The van der Waals surface area contributed by atoms with Gasteiger partial charge in [0.2, 0.25) is 0 Å². The molecule has 18 heavy (non-hydrogen) atoms. The van der Waals surface area contributed by atoms with Crippen molar-refractivity contribution in [2.45, 2.75) is 33.6 Å². The Morgan fingerprint density at radius 2 is 1.78 bits per heavy atom. The molecule has 0 aromatic carbocycles. The van der Waals surface area contributed by atoms with E-state index in [0.29, 0.717) is 0 Å². The Balaban J connectivity index is 2.24. The summed E-state index contributed by atoms with van der Waals surface area (Å²) in [4.78, 5) is 9.01. The summed E-state index contributed by atoms with van der Waals surface area (Å²) >= 11 is 0. The van der Waals surface area contributed by atoms with Crippen LogP contribution in [0.2, 0.25) is 0 Å². The number of rotatable bonds is 4. The van der Waals surface area contributed by atoms with Crippen LogP contribution >= 0.6 is 0 Å². The third-order valence-corrected chi connectivity index (χ3v) is 2.81. The molecule has 0 aliphatic rings. The average Bonchev–Trinajstić information content (AvgIpc) is 2.38. The van der Waals surface area contributed by atoms with Gasteiger partial charge in [-0.3, -0.25) is 4.98 Å². The molecule has 3 heteroatoms. The number of aryl methyl sites for hydroxylation is 3. The van der Waals surface area contributed by atoms with E-state index in [9.17, 15) is 0 Å². The maximum atomic E-state index is 4.54. The van der Waals surface area contributed by atoms with E-state index in [1.807, 2.05) is 31.2 Å². The molecule has 0 aliphatic heterocycles. The van der Waals surface area contributed by atoms with Crippen LogP contribution in [0.15, 0.2) is 30.3 Å². The molecule has 0 atom stereocenters. The molecule has 94 valence electrons. The van der Waals surface area contributed by atoms with Crippen molar-refractivity contribution < 1.29 is 0 Å². The number of hydrogen-bond acceptors (Lipinski definition) is 3. The van der Waals surface area contributed by atoms with Crippen molar-refractivity contribution in [3.8, 4) is 0 Å². The van der Waals surface area contributed by atoms with Crippen LogP contribution in [0.1, 0.15) is 30.9 Å². The van der Waals surface area contributed by atoms with Gasteiger partial charge in [-0.05, 0) is 44.0 Å². The number of aromatic nitrogens is 2. The first-order chi connectivity index (χ1) is 8.71. The maximum absolute atomic E-state index is 4.54. The summed E-state index contributed by atoms with van der Waals surface area (Å²) < 4.78 is 0. The van der Waals surface area contributed by atoms with Gasteiger partial charge in [-0.1, -0.05) is 19.9 Å². The second-order valence-electron chi connectivity index (χ2n) is 4.33. The van der Waals surface area contributed by atoms with Crippen molar-refractivity contribution in [3.05, 3.63) is 47.4 Å². The SMILES string of the molecule is CCc1cc(Nc2cccc(CC)n2)cc(C)n1. The lowest BCUT2D eigenvalue weighted by atomic mass is 10.2. The minimum absolute atomic E-state index is 0.891. The van der Waals surface area contributed by atoms with Crippen molar-refractivity contribution in [3.63, 3.8) is 0 Å². The average molecular weight is 241 g/mol. The van der Waals surface area contributed by atoms with Crippen LogP contribution in [0.3, 0.4) is 0 Å². The highest BCUT2D eigenvalue weighted by Crippen LogP contribution is 2.17. The standard InChI is InChI=1S/C15H19N3/c1-4-12-7-6-8-15(17-12)18-14-9-11(3)16-13(5-2)10-14/h6-10H,4-5H2,1-3H3,(H,16,17,18). The third-order valence-electron chi connectivity index (χ3n) is 2.81. The van der Waals surface area contributed by atoms with Gasteiger partial charge in [0, 0.05) is 22.8 Å². The Hall–Kier alpha value is -1.90. The first-order valence-corrected chi connectivity index (χ1v) is 6.41. The van der Waals surface area contributed by atoms with E-state index < -0.39 is 0 Å². The Kier molecular flexibility index (Phi) is 3.92. The van der Waals surface area contributed by atoms with E-state index in [1.165, 1.54) is 0 Å². The van der Waals surface area contributed by atoms with E-state index in [4.69, 9.17) is 0 Å². The minimum atomic E-state index is 0.891. The largest absolute Gasteiger partial charge is 0.340 e. The van der Waals surface area contributed by atoms with Gasteiger partial charge in [-0.25, -0.2) is 4.98 Å². The highest BCUT2D eigenvalue weighted by Gasteiger charge is 2.01. The fraction of sp³-hybridized carbons (Fsp3) is 0.333. The molecule has 0 bridgehead atoms. The van der Waals surface area contributed by atoms with Gasteiger partial charge in [0.05, 0.1) is 0 Å². The molecular weight excluding hydrogens is 222 g/mol. The first kappa shape index (κ1) is 12.6. The molecule has 2 rings (SSSR count). The second-order valence-corrected chi connectivity index (χ2v) is 4.33. The summed E-state index contributed by atoms with van der Waals surface area (Å²) in [5.74, 6) is 0.891. The van der Waals surface area contributed by atoms with Crippen LogP contribution in [0, 0.1) is 6.92 Å². The molecule has 1 N–H and O–H groups in total. The summed E-state index contributed by atoms with van der Waals surface area (Å²) in [5, 5.41) is 3.34. The van der Waals surface area contributed by atoms with Gasteiger partial charge in [-0.2, -0.15) is 0 Å². The van der Waals surface area contributed by atoms with Crippen LogP contribution in [0.25, 0.3) is 0 Å². The predicted molar refractivity (Wildman–Crippen MR) is 75.2 cm³/mol. The maximum Gasteiger partial charge on any atom is 0.130 e. The van der Waals surface area contributed by atoms with Crippen molar-refractivity contribution in [2.24, 2.45) is 0 Å². The van der Waals surface area contributed by atoms with Crippen molar-refractivity contribution in [1.29, 1.82) is 0 Å². The number of pyridine rings is 2. The summed E-state index contributed by atoms with van der Waals surface area (Å²) in [6, 6.07) is 10.2. The van der Waals surface area contributed by atoms with Crippen LogP contribution in [-0.4, -0.2) is 9.97 Å². The topological polar surface area (TPSA) is 37.8 Å². The molecule has 2 aromatic rings. The molecule has 0 spiro atoms. The molecule has 0 saturated heterocycles. The zero-order valence-electron chi connectivity index (χ0n) is 11.2. The lowest BCUT2D eigenvalue weighted by molar-refractivity contribution is 1.00. The lowest BCUT2D eigenvalue weighted by Gasteiger charge is -2.09. The zero-order chi connectivity index (χ0) is 13.0. The first-order valence-electron chi connectivity index (χ1n) is 6.41. The van der Waals surface area contributed by atoms with Gasteiger partial charge in [0.1, 0.15) is 5.82 Å². The van der Waals surface area contributed by atoms with Crippen molar-refractivity contribution >= 4 is 11.5 Å². The molecular formula is C15H19N3. The Morgan fingerprint density at radius 3 is 2.50 bits per heavy atom. The van der Waals surface area contributed by atoms with Crippen LogP contribution in [0.5, 0.6) is 0 Å². The van der Waals surface area contributed by atoms with Crippen LogP contribution in [-0.2, 0) is 12.8 Å². The summed E-state index contributed by atoms with van der Waals surface area (Å²) in [5.41, 5.74) is 4.29. The fourth-order valence-corrected chi connectivity index (χ4v) is 1.88. The number of hydrogen-bond donors (Lipinski definition) is 1. The van der Waals surface area contributed by atoms with Gasteiger partial charge in [0.15, 0.2) is 0 Å². The van der Waals surface area contributed by atoms with Gasteiger partial charge in [0.25, 0.3) is 0 Å². The van der Waals surface area contributed by atoms with Crippen LogP contribution < -0.4 is 5.32 Å². The predicted octanol–water partition coefficient (Wildman–Crippen LogP) is 3.65. The van der Waals surface area contributed by atoms with E-state index in [-0.39, 0.29) is 0 Å².